The first-order valence-electron chi connectivity index (χ1n) is 9.78. The van der Waals surface area contributed by atoms with Crippen molar-refractivity contribution >= 4 is 0 Å². The van der Waals surface area contributed by atoms with E-state index in [0.29, 0.717) is 12.5 Å². The van der Waals surface area contributed by atoms with Crippen LogP contribution in [0.15, 0.2) is 48.5 Å². The Morgan fingerprint density at radius 2 is 1.44 bits per heavy atom. The van der Waals surface area contributed by atoms with Crippen molar-refractivity contribution in [2.45, 2.75) is 43.6 Å². The first-order valence-corrected chi connectivity index (χ1v) is 9.78. The molecule has 2 heteroatoms. The summed E-state index contributed by atoms with van der Waals surface area (Å²) in [5.41, 5.74) is 18.2. The Balaban J connectivity index is 1.71. The van der Waals surface area contributed by atoms with Gasteiger partial charge >= 0.3 is 0 Å². The van der Waals surface area contributed by atoms with E-state index in [0.717, 1.165) is 11.8 Å². The Bertz CT molecular complexity index is 769. The van der Waals surface area contributed by atoms with Gasteiger partial charge in [-0.25, -0.2) is 0 Å². The average molecular weight is 332 g/mol. The van der Waals surface area contributed by atoms with Crippen molar-refractivity contribution in [1.29, 1.82) is 0 Å². The molecule has 25 heavy (non-hydrogen) atoms. The fourth-order valence-corrected chi connectivity index (χ4v) is 5.60. The minimum Gasteiger partial charge on any atom is -0.329 e. The molecule has 130 valence electrons. The smallest absolute Gasteiger partial charge is 0.0642 e. The van der Waals surface area contributed by atoms with Crippen molar-refractivity contribution in [2.75, 3.05) is 6.54 Å². The van der Waals surface area contributed by atoms with E-state index in [2.05, 4.69) is 55.5 Å². The lowest BCUT2D eigenvalue weighted by Crippen LogP contribution is -2.50. The maximum atomic E-state index is 6.88. The van der Waals surface area contributed by atoms with Crippen LogP contribution in [0.1, 0.15) is 54.9 Å². The molecule has 3 aliphatic carbocycles. The zero-order valence-electron chi connectivity index (χ0n) is 15.0. The Morgan fingerprint density at radius 3 is 1.92 bits per heavy atom. The highest BCUT2D eigenvalue weighted by Crippen LogP contribution is 2.62. The molecule has 2 atom stereocenters. The third-order valence-electron chi connectivity index (χ3n) is 7.14. The van der Waals surface area contributed by atoms with Crippen molar-refractivity contribution in [2.24, 2.45) is 29.2 Å². The third-order valence-corrected chi connectivity index (χ3v) is 7.14. The van der Waals surface area contributed by atoms with Gasteiger partial charge in [0.2, 0.25) is 0 Å². The first kappa shape index (κ1) is 15.6. The van der Waals surface area contributed by atoms with Crippen LogP contribution in [0.5, 0.6) is 0 Å². The summed E-state index contributed by atoms with van der Waals surface area (Å²) in [6, 6.07) is 17.6. The van der Waals surface area contributed by atoms with E-state index in [9.17, 15) is 0 Å². The molecule has 0 saturated heterocycles. The lowest BCUT2D eigenvalue weighted by Gasteiger charge is -2.47. The van der Waals surface area contributed by atoms with E-state index in [1.807, 2.05) is 0 Å². The highest BCUT2D eigenvalue weighted by molar-refractivity contribution is 5.60. The van der Waals surface area contributed by atoms with Gasteiger partial charge in [0, 0.05) is 12.0 Å². The lowest BCUT2D eigenvalue weighted by molar-refractivity contribution is 0.382. The molecular formula is C23H28N2. The molecule has 0 spiro atoms. The molecule has 0 heterocycles. The molecule has 0 bridgehead atoms. The van der Waals surface area contributed by atoms with Crippen LogP contribution in [0.2, 0.25) is 0 Å². The highest BCUT2D eigenvalue weighted by atomic mass is 14.8. The standard InChI is InChI=1S/C23H28N2/c1-22(25)17-6-2-4-8-19(17)23(14-24,20-9-5-3-7-18(20)22)21-13-16(21)12-15-10-11-15/h2-9,15-16,21H,10-14,24-25H2,1H3. The fraction of sp³-hybridized carbons (Fsp3) is 0.478. The number of hydrogen-bond donors (Lipinski definition) is 2. The average Bonchev–Trinajstić information content (AvgIpc) is 3.56. The fourth-order valence-electron chi connectivity index (χ4n) is 5.60. The molecule has 0 aromatic heterocycles. The van der Waals surface area contributed by atoms with E-state index in [1.54, 1.807) is 0 Å². The van der Waals surface area contributed by atoms with Crippen molar-refractivity contribution in [1.82, 2.24) is 0 Å². The van der Waals surface area contributed by atoms with Gasteiger partial charge in [-0.05, 0) is 59.8 Å². The summed E-state index contributed by atoms with van der Waals surface area (Å²) in [5.74, 6) is 2.48. The Kier molecular flexibility index (Phi) is 3.24. The summed E-state index contributed by atoms with van der Waals surface area (Å²) in [6.07, 6.45) is 5.59. The molecule has 2 unspecified atom stereocenters. The van der Waals surface area contributed by atoms with Gasteiger partial charge in [0.15, 0.2) is 0 Å². The van der Waals surface area contributed by atoms with Crippen LogP contribution in [0.3, 0.4) is 0 Å². The lowest BCUT2D eigenvalue weighted by atomic mass is 9.59. The van der Waals surface area contributed by atoms with Crippen molar-refractivity contribution in [3.63, 3.8) is 0 Å². The molecule has 2 aromatic carbocycles. The van der Waals surface area contributed by atoms with Crippen LogP contribution >= 0.6 is 0 Å². The molecule has 3 aliphatic rings. The maximum absolute atomic E-state index is 6.88. The molecule has 2 fully saturated rings. The quantitative estimate of drug-likeness (QED) is 0.892. The van der Waals surface area contributed by atoms with Crippen LogP contribution in [0.4, 0.5) is 0 Å². The minimum atomic E-state index is -0.452. The van der Waals surface area contributed by atoms with Gasteiger partial charge in [-0.2, -0.15) is 0 Å². The number of rotatable bonds is 4. The molecule has 4 N–H and O–H groups in total. The zero-order valence-corrected chi connectivity index (χ0v) is 15.0. The second kappa shape index (κ2) is 5.18. The van der Waals surface area contributed by atoms with Gasteiger partial charge in [-0.3, -0.25) is 0 Å². The van der Waals surface area contributed by atoms with Gasteiger partial charge < -0.3 is 11.5 Å². The van der Waals surface area contributed by atoms with Crippen LogP contribution in [-0.4, -0.2) is 6.54 Å². The topological polar surface area (TPSA) is 52.0 Å². The summed E-state index contributed by atoms with van der Waals surface area (Å²) in [6.45, 7) is 2.82. The Morgan fingerprint density at radius 1 is 0.920 bits per heavy atom. The molecule has 0 aliphatic heterocycles. The Labute approximate surface area is 150 Å². The van der Waals surface area contributed by atoms with E-state index in [-0.39, 0.29) is 5.41 Å². The van der Waals surface area contributed by atoms with Gasteiger partial charge in [-0.15, -0.1) is 0 Å². The van der Waals surface area contributed by atoms with E-state index < -0.39 is 5.54 Å². The van der Waals surface area contributed by atoms with Crippen LogP contribution < -0.4 is 11.5 Å². The van der Waals surface area contributed by atoms with Crippen molar-refractivity contribution < 1.29 is 0 Å². The summed E-state index contributed by atoms with van der Waals surface area (Å²) in [7, 11) is 0. The number of nitrogens with two attached hydrogens (primary N) is 2. The van der Waals surface area contributed by atoms with E-state index in [4.69, 9.17) is 11.5 Å². The molecule has 2 saturated carbocycles. The molecule has 5 rings (SSSR count). The minimum absolute atomic E-state index is 0.0639. The van der Waals surface area contributed by atoms with Crippen LogP contribution in [0.25, 0.3) is 0 Å². The summed E-state index contributed by atoms with van der Waals surface area (Å²) < 4.78 is 0. The second-order valence-electron chi connectivity index (χ2n) is 8.75. The SMILES string of the molecule is CC1(N)c2ccccc2C(CN)(C2CC2CC2CC2)c2ccccc21. The van der Waals surface area contributed by atoms with E-state index in [1.165, 1.54) is 47.9 Å². The van der Waals surface area contributed by atoms with Gasteiger partial charge in [0.25, 0.3) is 0 Å². The molecule has 2 aromatic rings. The van der Waals surface area contributed by atoms with Crippen molar-refractivity contribution in [3.8, 4) is 0 Å². The van der Waals surface area contributed by atoms with E-state index >= 15 is 0 Å². The molecule has 2 nitrogen and oxygen atoms in total. The number of fused-ring (bicyclic) bond motifs is 2. The highest BCUT2D eigenvalue weighted by Gasteiger charge is 2.58. The molecule has 0 radical (unpaired) electrons. The predicted molar refractivity (Wildman–Crippen MR) is 102 cm³/mol. The Hall–Kier alpha value is -1.64. The first-order chi connectivity index (χ1) is 12.1. The summed E-state index contributed by atoms with van der Waals surface area (Å²) in [5, 5.41) is 0. The normalized spacial score (nSPS) is 35.8. The van der Waals surface area contributed by atoms with Gasteiger partial charge in [0.05, 0.1) is 5.54 Å². The maximum Gasteiger partial charge on any atom is 0.0642 e. The number of benzene rings is 2. The largest absolute Gasteiger partial charge is 0.329 e. The predicted octanol–water partition coefficient (Wildman–Crippen LogP) is 3.90. The summed E-state index contributed by atoms with van der Waals surface area (Å²) in [4.78, 5) is 0. The van der Waals surface area contributed by atoms with Crippen LogP contribution in [0, 0.1) is 17.8 Å². The number of hydrogen-bond acceptors (Lipinski definition) is 2. The zero-order chi connectivity index (χ0) is 17.2. The van der Waals surface area contributed by atoms with Gasteiger partial charge in [-0.1, -0.05) is 61.4 Å². The van der Waals surface area contributed by atoms with Gasteiger partial charge in [0.1, 0.15) is 0 Å². The second-order valence-corrected chi connectivity index (χ2v) is 8.75. The monoisotopic (exact) mass is 332 g/mol. The van der Waals surface area contributed by atoms with Crippen molar-refractivity contribution in [3.05, 3.63) is 70.8 Å². The molecule has 0 amide bonds. The van der Waals surface area contributed by atoms with Crippen LogP contribution in [-0.2, 0) is 11.0 Å². The summed E-state index contributed by atoms with van der Waals surface area (Å²) >= 11 is 0. The third kappa shape index (κ3) is 2.10. The molecular weight excluding hydrogens is 304 g/mol.